The van der Waals surface area contributed by atoms with E-state index >= 15 is 0 Å². The molecule has 6 nitrogen and oxygen atoms in total. The number of nitriles is 1. The van der Waals surface area contributed by atoms with Crippen LogP contribution in [0.15, 0.2) is 48.7 Å². The predicted molar refractivity (Wildman–Crippen MR) is 108 cm³/mol. The minimum atomic E-state index is -4.49. The van der Waals surface area contributed by atoms with Gasteiger partial charge in [0, 0.05) is 23.8 Å². The molecule has 1 aliphatic carbocycles. The molecule has 3 aromatic rings. The van der Waals surface area contributed by atoms with Gasteiger partial charge < -0.3 is 10.6 Å². The van der Waals surface area contributed by atoms with E-state index in [2.05, 4.69) is 15.6 Å². The number of halogens is 3. The number of pyridine rings is 1. The van der Waals surface area contributed by atoms with Gasteiger partial charge in [-0.25, -0.2) is 4.98 Å². The first kappa shape index (κ1) is 20.7. The second kappa shape index (κ2) is 8.30. The Balaban J connectivity index is 1.35. The largest absolute Gasteiger partial charge is 0.434 e. The first-order valence-electron chi connectivity index (χ1n) is 9.96. The molecule has 1 amide bonds. The molecule has 2 heterocycles. The molecule has 0 spiro atoms. The summed E-state index contributed by atoms with van der Waals surface area (Å²) in [5, 5.41) is 15.2. The molecule has 0 radical (unpaired) electrons. The summed E-state index contributed by atoms with van der Waals surface area (Å²) in [7, 11) is 0. The molecule has 1 aromatic carbocycles. The Bertz CT molecular complexity index is 1120. The van der Waals surface area contributed by atoms with Crippen LogP contribution < -0.4 is 10.6 Å². The Morgan fingerprint density at radius 3 is 2.39 bits per heavy atom. The molecular formula is C22H20F3N5O. The number of hydrogen-bond donors (Lipinski definition) is 2. The standard InChI is InChI=1S/C22H20F3N5O/c23-22(24,25)18-13-30-19(2-1-3-20(30)29-18)27-16-8-10-17(11-9-16)28-21(31)15-6-4-14(12-26)5-7-15/h1-7,13,16-17,27H,8-11H2,(H,28,31). The average molecular weight is 427 g/mol. The zero-order chi connectivity index (χ0) is 22.0. The summed E-state index contributed by atoms with van der Waals surface area (Å²) in [6.45, 7) is 0. The molecule has 2 aromatic heterocycles. The van der Waals surface area contributed by atoms with Gasteiger partial charge in [0.05, 0.1) is 11.6 Å². The van der Waals surface area contributed by atoms with Gasteiger partial charge in [-0.2, -0.15) is 18.4 Å². The number of hydrogen-bond acceptors (Lipinski definition) is 4. The zero-order valence-corrected chi connectivity index (χ0v) is 16.5. The van der Waals surface area contributed by atoms with Crippen molar-refractivity contribution < 1.29 is 18.0 Å². The molecule has 0 atom stereocenters. The molecule has 1 aliphatic rings. The first-order valence-corrected chi connectivity index (χ1v) is 9.96. The molecule has 1 fully saturated rings. The molecule has 9 heteroatoms. The highest BCUT2D eigenvalue weighted by Gasteiger charge is 2.34. The minimum absolute atomic E-state index is 0.0297. The summed E-state index contributed by atoms with van der Waals surface area (Å²) in [5.41, 5.74) is 0.321. The fourth-order valence-corrected chi connectivity index (χ4v) is 3.82. The molecule has 2 N–H and O–H groups in total. The number of alkyl halides is 3. The molecule has 1 saturated carbocycles. The van der Waals surface area contributed by atoms with Crippen LogP contribution in [-0.4, -0.2) is 27.4 Å². The first-order chi connectivity index (χ1) is 14.8. The van der Waals surface area contributed by atoms with Gasteiger partial charge in [-0.05, 0) is 62.1 Å². The number of carbonyl (C=O) groups is 1. The van der Waals surface area contributed by atoms with Gasteiger partial charge in [-0.1, -0.05) is 6.07 Å². The van der Waals surface area contributed by atoms with Crippen LogP contribution in [-0.2, 0) is 6.18 Å². The lowest BCUT2D eigenvalue weighted by molar-refractivity contribution is -0.140. The van der Waals surface area contributed by atoms with E-state index in [4.69, 9.17) is 5.26 Å². The maximum absolute atomic E-state index is 13.0. The van der Waals surface area contributed by atoms with Gasteiger partial charge in [0.2, 0.25) is 0 Å². The maximum Gasteiger partial charge on any atom is 0.434 e. The van der Waals surface area contributed by atoms with Crippen molar-refractivity contribution >= 4 is 17.4 Å². The molecule has 4 rings (SSSR count). The Hall–Kier alpha value is -3.54. The minimum Gasteiger partial charge on any atom is -0.368 e. The van der Waals surface area contributed by atoms with Crippen LogP contribution >= 0.6 is 0 Å². The molecule has 31 heavy (non-hydrogen) atoms. The molecule has 160 valence electrons. The molecule has 0 unspecified atom stereocenters. The summed E-state index contributed by atoms with van der Waals surface area (Å²) in [6.07, 6.45) is -0.429. The van der Waals surface area contributed by atoms with Crippen molar-refractivity contribution in [2.24, 2.45) is 0 Å². The van der Waals surface area contributed by atoms with Crippen molar-refractivity contribution in [1.29, 1.82) is 5.26 Å². The van der Waals surface area contributed by atoms with Crippen molar-refractivity contribution in [3.63, 3.8) is 0 Å². The summed E-state index contributed by atoms with van der Waals surface area (Å²) in [6, 6.07) is 13.5. The predicted octanol–water partition coefficient (Wildman–Crippen LogP) is 4.38. The van der Waals surface area contributed by atoms with Gasteiger partial charge in [0.15, 0.2) is 5.69 Å². The fraction of sp³-hybridized carbons (Fsp3) is 0.318. The smallest absolute Gasteiger partial charge is 0.368 e. The van der Waals surface area contributed by atoms with Crippen molar-refractivity contribution in [3.05, 3.63) is 65.5 Å². The Kier molecular flexibility index (Phi) is 5.55. The number of amides is 1. The molecular weight excluding hydrogens is 407 g/mol. The van der Waals surface area contributed by atoms with Crippen LogP contribution in [0.2, 0.25) is 0 Å². The van der Waals surface area contributed by atoms with E-state index in [1.54, 1.807) is 36.4 Å². The van der Waals surface area contributed by atoms with Crippen molar-refractivity contribution in [2.75, 3.05) is 5.32 Å². The van der Waals surface area contributed by atoms with E-state index in [0.717, 1.165) is 31.9 Å². The van der Waals surface area contributed by atoms with Crippen LogP contribution in [0.1, 0.15) is 47.3 Å². The third-order valence-corrected chi connectivity index (χ3v) is 5.47. The van der Waals surface area contributed by atoms with E-state index < -0.39 is 11.9 Å². The number of nitrogens with one attached hydrogen (secondary N) is 2. The van der Waals surface area contributed by atoms with Crippen molar-refractivity contribution in [2.45, 2.75) is 43.9 Å². The summed E-state index contributed by atoms with van der Waals surface area (Å²) < 4.78 is 40.4. The van der Waals surface area contributed by atoms with Crippen LogP contribution in [0.25, 0.3) is 5.65 Å². The second-order valence-electron chi connectivity index (χ2n) is 7.62. The van der Waals surface area contributed by atoms with E-state index in [-0.39, 0.29) is 23.6 Å². The molecule has 0 saturated heterocycles. The SMILES string of the molecule is N#Cc1ccc(C(=O)NC2CCC(Nc3cccc4nc(C(F)(F)F)cn34)CC2)cc1. The number of rotatable bonds is 4. The van der Waals surface area contributed by atoms with E-state index in [0.29, 0.717) is 16.9 Å². The van der Waals surface area contributed by atoms with Gasteiger partial charge >= 0.3 is 6.18 Å². The lowest BCUT2D eigenvalue weighted by Crippen LogP contribution is -2.40. The van der Waals surface area contributed by atoms with E-state index in [1.165, 1.54) is 10.5 Å². The van der Waals surface area contributed by atoms with Crippen LogP contribution in [0.5, 0.6) is 0 Å². The third kappa shape index (κ3) is 4.63. The average Bonchev–Trinajstić information content (AvgIpc) is 3.21. The van der Waals surface area contributed by atoms with E-state index in [9.17, 15) is 18.0 Å². The lowest BCUT2D eigenvalue weighted by atomic mass is 9.91. The van der Waals surface area contributed by atoms with Crippen LogP contribution in [0, 0.1) is 11.3 Å². The third-order valence-electron chi connectivity index (χ3n) is 5.47. The number of anilines is 1. The number of benzene rings is 1. The Morgan fingerprint density at radius 1 is 1.06 bits per heavy atom. The highest BCUT2D eigenvalue weighted by Crippen LogP contribution is 2.30. The summed E-state index contributed by atoms with van der Waals surface area (Å²) >= 11 is 0. The number of nitrogens with zero attached hydrogens (tertiary/aromatic N) is 3. The molecule has 0 bridgehead atoms. The zero-order valence-electron chi connectivity index (χ0n) is 16.5. The van der Waals surface area contributed by atoms with Gasteiger partial charge in [-0.15, -0.1) is 0 Å². The fourth-order valence-electron chi connectivity index (χ4n) is 3.82. The topological polar surface area (TPSA) is 82.2 Å². The van der Waals surface area contributed by atoms with Crippen molar-refractivity contribution in [3.8, 4) is 6.07 Å². The van der Waals surface area contributed by atoms with Crippen LogP contribution in [0.4, 0.5) is 19.0 Å². The lowest BCUT2D eigenvalue weighted by Gasteiger charge is -2.30. The second-order valence-corrected chi connectivity index (χ2v) is 7.62. The number of imidazole rings is 1. The van der Waals surface area contributed by atoms with Crippen molar-refractivity contribution in [1.82, 2.24) is 14.7 Å². The van der Waals surface area contributed by atoms with Crippen LogP contribution in [0.3, 0.4) is 0 Å². The maximum atomic E-state index is 13.0. The summed E-state index contributed by atoms with van der Waals surface area (Å²) in [4.78, 5) is 16.1. The van der Waals surface area contributed by atoms with Gasteiger partial charge in [-0.3, -0.25) is 9.20 Å². The molecule has 0 aliphatic heterocycles. The highest BCUT2D eigenvalue weighted by atomic mass is 19.4. The number of aromatic nitrogens is 2. The Morgan fingerprint density at radius 2 is 1.74 bits per heavy atom. The number of fused-ring (bicyclic) bond motifs is 1. The van der Waals surface area contributed by atoms with Gasteiger partial charge in [0.1, 0.15) is 11.5 Å². The monoisotopic (exact) mass is 427 g/mol. The van der Waals surface area contributed by atoms with E-state index in [1.807, 2.05) is 6.07 Å². The highest BCUT2D eigenvalue weighted by molar-refractivity contribution is 5.94. The Labute approximate surface area is 176 Å². The normalized spacial score (nSPS) is 19.0. The number of carbonyl (C=O) groups excluding carboxylic acids is 1. The van der Waals surface area contributed by atoms with Gasteiger partial charge in [0.25, 0.3) is 5.91 Å². The summed E-state index contributed by atoms with van der Waals surface area (Å²) in [5.74, 6) is 0.384. The quantitative estimate of drug-likeness (QED) is 0.648.